The van der Waals surface area contributed by atoms with Crippen LogP contribution in [0.4, 0.5) is 0 Å². The van der Waals surface area contributed by atoms with E-state index < -0.39 is 15.6 Å². The molecule has 0 aromatic rings. The molecule has 1 saturated heterocycles. The lowest BCUT2D eigenvalue weighted by Gasteiger charge is -2.56. The third kappa shape index (κ3) is 1.41. The van der Waals surface area contributed by atoms with Gasteiger partial charge in [0.05, 0.1) is 11.3 Å². The lowest BCUT2D eigenvalue weighted by Crippen LogP contribution is -2.73. The van der Waals surface area contributed by atoms with Gasteiger partial charge < -0.3 is 0 Å². The van der Waals surface area contributed by atoms with Crippen molar-refractivity contribution in [1.29, 1.82) is 0 Å². The molecule has 1 heterocycles. The van der Waals surface area contributed by atoms with E-state index in [9.17, 15) is 13.2 Å². The number of hydrogen-bond acceptors (Lipinski definition) is 3. The summed E-state index contributed by atoms with van der Waals surface area (Å²) in [5.74, 6) is 0.309. The van der Waals surface area contributed by atoms with E-state index in [-0.39, 0.29) is 17.1 Å². The molecular weight excluding hydrogens is 238 g/mol. The van der Waals surface area contributed by atoms with Crippen LogP contribution in [0, 0.1) is 11.3 Å². The van der Waals surface area contributed by atoms with Crippen molar-refractivity contribution >= 4 is 15.9 Å². The lowest BCUT2D eigenvalue weighted by molar-refractivity contribution is -0.133. The molecule has 17 heavy (non-hydrogen) atoms. The number of hydrogen-bond donors (Lipinski definition) is 0. The lowest BCUT2D eigenvalue weighted by atomic mass is 9.70. The van der Waals surface area contributed by atoms with Crippen molar-refractivity contribution in [3.05, 3.63) is 0 Å². The summed E-state index contributed by atoms with van der Waals surface area (Å²) in [5, 5.41) is 0. The van der Waals surface area contributed by atoms with Crippen LogP contribution in [0.15, 0.2) is 0 Å². The SMILES string of the molecule is CCC1CCC2(CS(=O)(=O)N2C(C)=O)C1(C)C. The molecular formula is C12H21NO3S. The van der Waals surface area contributed by atoms with Crippen molar-refractivity contribution in [2.75, 3.05) is 5.75 Å². The van der Waals surface area contributed by atoms with Crippen molar-refractivity contribution in [3.8, 4) is 0 Å². The minimum absolute atomic E-state index is 0.112. The maximum absolute atomic E-state index is 11.8. The number of rotatable bonds is 1. The minimum Gasteiger partial charge on any atom is -0.274 e. The Bertz CT molecular complexity index is 454. The van der Waals surface area contributed by atoms with Crippen LogP contribution in [-0.2, 0) is 14.8 Å². The van der Waals surface area contributed by atoms with Crippen molar-refractivity contribution in [1.82, 2.24) is 4.31 Å². The first-order valence-electron chi connectivity index (χ1n) is 6.23. The van der Waals surface area contributed by atoms with E-state index in [0.717, 1.165) is 23.6 Å². The summed E-state index contributed by atoms with van der Waals surface area (Å²) in [4.78, 5) is 11.6. The molecule has 2 aliphatic rings. The standard InChI is InChI=1S/C12H21NO3S/c1-5-10-6-7-12(11(10,3)4)8-17(15,16)13(12)9(2)14/h10H,5-8H2,1-4H3. The average Bonchev–Trinajstić information content (AvgIpc) is 2.37. The van der Waals surface area contributed by atoms with Crippen molar-refractivity contribution < 1.29 is 13.2 Å². The van der Waals surface area contributed by atoms with Gasteiger partial charge in [-0.3, -0.25) is 4.79 Å². The van der Waals surface area contributed by atoms with Gasteiger partial charge in [-0.2, -0.15) is 0 Å². The molecule has 0 N–H and O–H groups in total. The summed E-state index contributed by atoms with van der Waals surface area (Å²) in [5.41, 5.74) is -0.558. The third-order valence-electron chi connectivity index (χ3n) is 4.99. The maximum Gasteiger partial charge on any atom is 0.240 e. The molecule has 1 aliphatic carbocycles. The third-order valence-corrected chi connectivity index (χ3v) is 7.00. The fourth-order valence-corrected chi connectivity index (χ4v) is 6.41. The van der Waals surface area contributed by atoms with Gasteiger partial charge in [-0.05, 0) is 24.2 Å². The Labute approximate surface area is 103 Å². The molecule has 5 heteroatoms. The van der Waals surface area contributed by atoms with Crippen LogP contribution in [-0.4, -0.2) is 29.9 Å². The fraction of sp³-hybridized carbons (Fsp3) is 0.917. The van der Waals surface area contributed by atoms with Crippen LogP contribution < -0.4 is 0 Å². The highest BCUT2D eigenvalue weighted by Crippen LogP contribution is 2.59. The molecule has 1 spiro atoms. The quantitative estimate of drug-likeness (QED) is 0.721. The van der Waals surface area contributed by atoms with Crippen molar-refractivity contribution in [2.45, 2.75) is 52.5 Å². The smallest absolute Gasteiger partial charge is 0.240 e. The highest BCUT2D eigenvalue weighted by Gasteiger charge is 2.68. The number of nitrogens with zero attached hydrogens (tertiary/aromatic N) is 1. The van der Waals surface area contributed by atoms with E-state index in [1.165, 1.54) is 6.92 Å². The Balaban J connectivity index is 2.44. The van der Waals surface area contributed by atoms with Crippen LogP contribution in [0.5, 0.6) is 0 Å². The van der Waals surface area contributed by atoms with Gasteiger partial charge in [0.2, 0.25) is 15.9 Å². The van der Waals surface area contributed by atoms with E-state index in [4.69, 9.17) is 0 Å². The topological polar surface area (TPSA) is 54.5 Å². The molecule has 2 unspecified atom stereocenters. The van der Waals surface area contributed by atoms with E-state index in [1.807, 2.05) is 0 Å². The largest absolute Gasteiger partial charge is 0.274 e. The normalized spacial score (nSPS) is 38.1. The van der Waals surface area contributed by atoms with Crippen molar-refractivity contribution in [2.24, 2.45) is 11.3 Å². The number of carbonyl (C=O) groups excluding carboxylic acids is 1. The van der Waals surface area contributed by atoms with Crippen LogP contribution in [0.1, 0.15) is 47.0 Å². The number of sulfonamides is 1. The second-order valence-corrected chi connectivity index (χ2v) is 7.75. The molecule has 0 aromatic heterocycles. The van der Waals surface area contributed by atoms with Crippen LogP contribution in [0.25, 0.3) is 0 Å². The molecule has 2 fully saturated rings. The minimum atomic E-state index is -3.33. The van der Waals surface area contributed by atoms with Gasteiger partial charge in [0, 0.05) is 6.92 Å². The van der Waals surface area contributed by atoms with E-state index in [2.05, 4.69) is 20.8 Å². The zero-order valence-electron chi connectivity index (χ0n) is 11.0. The number of amides is 1. The van der Waals surface area contributed by atoms with Gasteiger partial charge in [-0.15, -0.1) is 0 Å². The van der Waals surface area contributed by atoms with Gasteiger partial charge >= 0.3 is 0 Å². The molecule has 0 bridgehead atoms. The Morgan fingerprint density at radius 3 is 2.35 bits per heavy atom. The van der Waals surface area contributed by atoms with E-state index >= 15 is 0 Å². The summed E-state index contributed by atoms with van der Waals surface area (Å²) < 4.78 is 24.8. The Kier molecular flexibility index (Phi) is 2.62. The second-order valence-electron chi connectivity index (χ2n) is 5.94. The van der Waals surface area contributed by atoms with Crippen LogP contribution in [0.2, 0.25) is 0 Å². The van der Waals surface area contributed by atoms with Crippen molar-refractivity contribution in [3.63, 3.8) is 0 Å². The first kappa shape index (κ1) is 12.9. The predicted molar refractivity (Wildman–Crippen MR) is 65.8 cm³/mol. The first-order chi connectivity index (χ1) is 7.69. The van der Waals surface area contributed by atoms with Gasteiger partial charge in [0.15, 0.2) is 0 Å². The van der Waals surface area contributed by atoms with Gasteiger partial charge in [0.1, 0.15) is 0 Å². The zero-order chi connectivity index (χ0) is 13.1. The molecule has 98 valence electrons. The Morgan fingerprint density at radius 2 is 2.00 bits per heavy atom. The summed E-state index contributed by atoms with van der Waals surface area (Å²) in [6, 6.07) is 0. The van der Waals surface area contributed by atoms with Gasteiger partial charge in [0.25, 0.3) is 0 Å². The first-order valence-corrected chi connectivity index (χ1v) is 7.83. The molecule has 4 nitrogen and oxygen atoms in total. The predicted octanol–water partition coefficient (Wildman–Crippen LogP) is 1.76. The fourth-order valence-electron chi connectivity index (χ4n) is 3.93. The molecule has 2 atom stereocenters. The molecule has 0 aromatic carbocycles. The summed E-state index contributed by atoms with van der Waals surface area (Å²) in [6.07, 6.45) is 2.88. The van der Waals surface area contributed by atoms with E-state index in [0.29, 0.717) is 5.92 Å². The molecule has 1 aliphatic heterocycles. The highest BCUT2D eigenvalue weighted by molar-refractivity contribution is 7.91. The monoisotopic (exact) mass is 259 g/mol. The summed E-state index contributed by atoms with van der Waals surface area (Å²) >= 11 is 0. The average molecular weight is 259 g/mol. The van der Waals surface area contributed by atoms with E-state index in [1.54, 1.807) is 0 Å². The molecule has 2 rings (SSSR count). The van der Waals surface area contributed by atoms with Crippen LogP contribution in [0.3, 0.4) is 0 Å². The van der Waals surface area contributed by atoms with Gasteiger partial charge in [-0.25, -0.2) is 12.7 Å². The number of carbonyl (C=O) groups is 1. The highest BCUT2D eigenvalue weighted by atomic mass is 32.2. The van der Waals surface area contributed by atoms with Gasteiger partial charge in [-0.1, -0.05) is 27.2 Å². The van der Waals surface area contributed by atoms with Crippen LogP contribution >= 0.6 is 0 Å². The Hall–Kier alpha value is -0.580. The summed E-state index contributed by atoms with van der Waals surface area (Å²) in [7, 11) is -3.33. The molecule has 0 radical (unpaired) electrons. The summed E-state index contributed by atoms with van der Waals surface area (Å²) in [6.45, 7) is 7.71. The zero-order valence-corrected chi connectivity index (χ0v) is 11.8. The molecule has 1 amide bonds. The molecule has 1 saturated carbocycles. The Morgan fingerprint density at radius 1 is 1.41 bits per heavy atom. The maximum atomic E-state index is 11.8. The second kappa shape index (κ2) is 3.46.